The van der Waals surface area contributed by atoms with E-state index in [9.17, 15) is 9.59 Å². The topological polar surface area (TPSA) is 49.4 Å². The first-order chi connectivity index (χ1) is 10.6. The summed E-state index contributed by atoms with van der Waals surface area (Å²) in [6.45, 7) is 2.32. The number of thioether (sulfide) groups is 1. The highest BCUT2D eigenvalue weighted by molar-refractivity contribution is 8.00. The molecular weight excluding hydrogens is 296 g/mol. The number of anilines is 1. The third-order valence-electron chi connectivity index (χ3n) is 4.57. The van der Waals surface area contributed by atoms with Gasteiger partial charge in [-0.2, -0.15) is 0 Å². The number of rotatable bonds is 3. The van der Waals surface area contributed by atoms with Crippen LogP contribution in [0.1, 0.15) is 32.6 Å². The Morgan fingerprint density at radius 2 is 2.09 bits per heavy atom. The number of nitrogens with one attached hydrogen (secondary N) is 1. The second-order valence-electron chi connectivity index (χ2n) is 6.17. The van der Waals surface area contributed by atoms with Gasteiger partial charge in [-0.3, -0.25) is 9.59 Å². The van der Waals surface area contributed by atoms with Gasteiger partial charge in [0.15, 0.2) is 0 Å². The number of carbonyl (C=O) groups is 2. The maximum Gasteiger partial charge on any atom is 0.240 e. The predicted molar refractivity (Wildman–Crippen MR) is 89.1 cm³/mol. The Kier molecular flexibility index (Phi) is 4.71. The Morgan fingerprint density at radius 1 is 1.32 bits per heavy atom. The number of fused-ring (bicyclic) bond motifs is 1. The minimum Gasteiger partial charge on any atom is -0.352 e. The molecule has 0 spiro atoms. The quantitative estimate of drug-likeness (QED) is 0.932. The van der Waals surface area contributed by atoms with Crippen LogP contribution < -0.4 is 10.2 Å². The van der Waals surface area contributed by atoms with E-state index in [0.717, 1.165) is 17.0 Å². The molecule has 0 unspecified atom stereocenters. The Hall–Kier alpha value is -1.49. The summed E-state index contributed by atoms with van der Waals surface area (Å²) in [4.78, 5) is 27.2. The lowest BCUT2D eigenvalue weighted by molar-refractivity contribution is -0.123. The lowest BCUT2D eigenvalue weighted by Crippen LogP contribution is -2.48. The lowest BCUT2D eigenvalue weighted by atomic mass is 9.86. The number of hydrogen-bond donors (Lipinski definition) is 1. The van der Waals surface area contributed by atoms with Crippen molar-refractivity contribution in [2.45, 2.75) is 43.5 Å². The van der Waals surface area contributed by atoms with Gasteiger partial charge in [-0.1, -0.05) is 31.9 Å². The molecule has 0 aromatic heterocycles. The van der Waals surface area contributed by atoms with Crippen molar-refractivity contribution >= 4 is 29.3 Å². The van der Waals surface area contributed by atoms with Crippen molar-refractivity contribution in [1.29, 1.82) is 0 Å². The molecule has 4 nitrogen and oxygen atoms in total. The summed E-state index contributed by atoms with van der Waals surface area (Å²) in [7, 11) is 0. The highest BCUT2D eigenvalue weighted by atomic mass is 32.2. The molecule has 1 fully saturated rings. The van der Waals surface area contributed by atoms with Gasteiger partial charge in [0, 0.05) is 10.9 Å². The molecule has 5 heteroatoms. The SMILES string of the molecule is C[C@@H]1CCCC[C@H]1NC(=O)CN1C(=O)CSc2ccccc21. The first-order valence-electron chi connectivity index (χ1n) is 7.96. The molecule has 0 radical (unpaired) electrons. The summed E-state index contributed by atoms with van der Waals surface area (Å²) in [6.07, 6.45) is 4.65. The second-order valence-corrected chi connectivity index (χ2v) is 7.19. The highest BCUT2D eigenvalue weighted by Gasteiger charge is 2.28. The van der Waals surface area contributed by atoms with E-state index in [2.05, 4.69) is 12.2 Å². The van der Waals surface area contributed by atoms with Gasteiger partial charge in [0.05, 0.1) is 11.4 Å². The number of carbonyl (C=O) groups excluding carboxylic acids is 2. The normalized spacial score (nSPS) is 24.8. The predicted octanol–water partition coefficient (Wildman–Crippen LogP) is 2.82. The van der Waals surface area contributed by atoms with Crippen LogP contribution >= 0.6 is 11.8 Å². The Bertz CT molecular complexity index is 576. The van der Waals surface area contributed by atoms with Crippen LogP contribution in [-0.2, 0) is 9.59 Å². The number of amides is 2. The van der Waals surface area contributed by atoms with Crippen LogP contribution in [0.15, 0.2) is 29.2 Å². The molecule has 1 aromatic rings. The maximum atomic E-state index is 12.4. The first kappa shape index (κ1) is 15.4. The number of para-hydroxylation sites is 1. The van der Waals surface area contributed by atoms with E-state index < -0.39 is 0 Å². The van der Waals surface area contributed by atoms with Gasteiger partial charge in [-0.15, -0.1) is 11.8 Å². The Labute approximate surface area is 135 Å². The molecular formula is C17H22N2O2S. The molecule has 22 heavy (non-hydrogen) atoms. The van der Waals surface area contributed by atoms with Gasteiger partial charge >= 0.3 is 0 Å². The molecule has 0 bridgehead atoms. The smallest absolute Gasteiger partial charge is 0.240 e. The molecule has 1 aliphatic heterocycles. The minimum absolute atomic E-state index is 0.00976. The van der Waals surface area contributed by atoms with E-state index in [-0.39, 0.29) is 24.4 Å². The zero-order chi connectivity index (χ0) is 15.5. The van der Waals surface area contributed by atoms with Crippen molar-refractivity contribution in [2.75, 3.05) is 17.2 Å². The van der Waals surface area contributed by atoms with E-state index in [1.54, 1.807) is 16.7 Å². The molecule has 118 valence electrons. The number of nitrogens with zero attached hydrogens (tertiary/aromatic N) is 1. The van der Waals surface area contributed by atoms with Gasteiger partial charge in [-0.25, -0.2) is 0 Å². The summed E-state index contributed by atoms with van der Waals surface area (Å²) in [5.74, 6) is 0.895. The van der Waals surface area contributed by atoms with Gasteiger partial charge in [0.1, 0.15) is 6.54 Å². The van der Waals surface area contributed by atoms with E-state index in [0.29, 0.717) is 11.7 Å². The molecule has 0 saturated heterocycles. The minimum atomic E-state index is -0.0474. The van der Waals surface area contributed by atoms with Gasteiger partial charge < -0.3 is 10.2 Å². The van der Waals surface area contributed by atoms with Crippen molar-refractivity contribution in [3.8, 4) is 0 Å². The fourth-order valence-corrected chi connectivity index (χ4v) is 4.19. The van der Waals surface area contributed by atoms with E-state index in [4.69, 9.17) is 0 Å². The van der Waals surface area contributed by atoms with E-state index in [1.165, 1.54) is 19.3 Å². The zero-order valence-electron chi connectivity index (χ0n) is 12.9. The van der Waals surface area contributed by atoms with Crippen molar-refractivity contribution < 1.29 is 9.59 Å². The fraction of sp³-hybridized carbons (Fsp3) is 0.529. The van der Waals surface area contributed by atoms with Crippen LogP contribution in [0.2, 0.25) is 0 Å². The van der Waals surface area contributed by atoms with Gasteiger partial charge in [-0.05, 0) is 30.9 Å². The molecule has 1 saturated carbocycles. The van der Waals surface area contributed by atoms with Crippen molar-refractivity contribution in [2.24, 2.45) is 5.92 Å². The van der Waals surface area contributed by atoms with Gasteiger partial charge in [0.2, 0.25) is 11.8 Å². The van der Waals surface area contributed by atoms with E-state index >= 15 is 0 Å². The summed E-state index contributed by atoms with van der Waals surface area (Å²) in [5, 5.41) is 3.13. The molecule has 1 heterocycles. The molecule has 1 aliphatic carbocycles. The van der Waals surface area contributed by atoms with Crippen LogP contribution in [0.25, 0.3) is 0 Å². The fourth-order valence-electron chi connectivity index (χ4n) is 3.25. The summed E-state index contributed by atoms with van der Waals surface area (Å²) >= 11 is 1.54. The Morgan fingerprint density at radius 3 is 2.91 bits per heavy atom. The largest absolute Gasteiger partial charge is 0.352 e. The van der Waals surface area contributed by atoms with Crippen molar-refractivity contribution in [1.82, 2.24) is 5.32 Å². The first-order valence-corrected chi connectivity index (χ1v) is 8.95. The maximum absolute atomic E-state index is 12.4. The van der Waals surface area contributed by atoms with E-state index in [1.807, 2.05) is 24.3 Å². The standard InChI is InChI=1S/C17H22N2O2S/c1-12-6-2-3-7-13(12)18-16(20)10-19-14-8-4-5-9-15(14)22-11-17(19)21/h4-5,8-9,12-13H,2-3,6-7,10-11H2,1H3,(H,18,20)/t12-,13-/m1/s1. The highest BCUT2D eigenvalue weighted by Crippen LogP contribution is 2.34. The summed E-state index contributed by atoms with van der Waals surface area (Å²) < 4.78 is 0. The molecule has 2 atom stereocenters. The molecule has 3 rings (SSSR count). The van der Waals surface area contributed by atoms with Crippen LogP contribution in [-0.4, -0.2) is 30.2 Å². The average molecular weight is 318 g/mol. The number of benzene rings is 1. The molecule has 1 N–H and O–H groups in total. The van der Waals surface area contributed by atoms with Crippen LogP contribution in [0.3, 0.4) is 0 Å². The van der Waals surface area contributed by atoms with Crippen LogP contribution in [0.4, 0.5) is 5.69 Å². The van der Waals surface area contributed by atoms with Crippen molar-refractivity contribution in [3.05, 3.63) is 24.3 Å². The summed E-state index contributed by atoms with van der Waals surface area (Å²) in [6, 6.07) is 8.04. The second kappa shape index (κ2) is 6.73. The third kappa shape index (κ3) is 3.29. The van der Waals surface area contributed by atoms with Crippen LogP contribution in [0.5, 0.6) is 0 Å². The molecule has 1 aromatic carbocycles. The summed E-state index contributed by atoms with van der Waals surface area (Å²) in [5.41, 5.74) is 0.857. The lowest BCUT2D eigenvalue weighted by Gasteiger charge is -2.32. The van der Waals surface area contributed by atoms with Gasteiger partial charge in [0.25, 0.3) is 0 Å². The molecule has 2 amide bonds. The zero-order valence-corrected chi connectivity index (χ0v) is 13.7. The van der Waals surface area contributed by atoms with Crippen LogP contribution in [0, 0.1) is 5.92 Å². The monoisotopic (exact) mass is 318 g/mol. The average Bonchev–Trinajstić information content (AvgIpc) is 2.52. The van der Waals surface area contributed by atoms with Crippen molar-refractivity contribution in [3.63, 3.8) is 0 Å². The third-order valence-corrected chi connectivity index (χ3v) is 5.62. The Balaban J connectivity index is 1.67. The number of hydrogen-bond acceptors (Lipinski definition) is 3. The molecule has 2 aliphatic rings.